The fourth-order valence-corrected chi connectivity index (χ4v) is 1.71. The predicted octanol–water partition coefficient (Wildman–Crippen LogP) is 1.88. The monoisotopic (exact) mass is 264 g/mol. The minimum absolute atomic E-state index is 0.232. The number of nitrogens with zero attached hydrogens (tertiary/aromatic N) is 1. The van der Waals surface area contributed by atoms with Crippen LogP contribution in [0.1, 0.15) is 46.0 Å². The molecular formula is C13H16N2O4. The number of nitriles is 1. The summed E-state index contributed by atoms with van der Waals surface area (Å²) in [5, 5.41) is 8.62. The molecule has 0 amide bonds. The fourth-order valence-electron chi connectivity index (χ4n) is 1.71. The van der Waals surface area contributed by atoms with Crippen molar-refractivity contribution in [1.82, 2.24) is 4.98 Å². The quantitative estimate of drug-likeness (QED) is 0.838. The van der Waals surface area contributed by atoms with E-state index >= 15 is 0 Å². The standard InChI is InChI=1S/C13H16N2O4/c1-5-18-13(17)11-8(3)10(9(4)15-11)12(16)19-7(2)6-14/h7,15H,5H2,1-4H3/t7-/m1/s1. The zero-order valence-electron chi connectivity index (χ0n) is 11.4. The summed E-state index contributed by atoms with van der Waals surface area (Å²) < 4.78 is 9.81. The molecule has 1 heterocycles. The number of aryl methyl sites for hydroxylation is 1. The second-order valence-corrected chi connectivity index (χ2v) is 4.02. The smallest absolute Gasteiger partial charge is 0.355 e. The van der Waals surface area contributed by atoms with Crippen LogP contribution in [0.4, 0.5) is 0 Å². The summed E-state index contributed by atoms with van der Waals surface area (Å²) in [7, 11) is 0. The summed E-state index contributed by atoms with van der Waals surface area (Å²) in [6, 6.07) is 1.81. The number of ether oxygens (including phenoxy) is 2. The lowest BCUT2D eigenvalue weighted by molar-refractivity contribution is 0.0434. The summed E-state index contributed by atoms with van der Waals surface area (Å²) in [5.74, 6) is -1.15. The summed E-state index contributed by atoms with van der Waals surface area (Å²) in [6.07, 6.45) is -0.841. The molecule has 6 heteroatoms. The number of hydrogen-bond donors (Lipinski definition) is 1. The molecule has 0 aliphatic heterocycles. The molecule has 102 valence electrons. The number of aromatic nitrogens is 1. The number of hydrogen-bond acceptors (Lipinski definition) is 5. The van der Waals surface area contributed by atoms with E-state index in [0.717, 1.165) is 0 Å². The number of nitrogens with one attached hydrogen (secondary N) is 1. The topological polar surface area (TPSA) is 92.2 Å². The number of carbonyl (C=O) groups is 2. The minimum atomic E-state index is -0.841. The number of aromatic amines is 1. The average molecular weight is 264 g/mol. The van der Waals surface area contributed by atoms with Crippen molar-refractivity contribution in [1.29, 1.82) is 5.26 Å². The second-order valence-electron chi connectivity index (χ2n) is 4.02. The van der Waals surface area contributed by atoms with Crippen molar-refractivity contribution in [2.45, 2.75) is 33.8 Å². The van der Waals surface area contributed by atoms with Crippen molar-refractivity contribution in [2.24, 2.45) is 0 Å². The van der Waals surface area contributed by atoms with E-state index in [4.69, 9.17) is 14.7 Å². The van der Waals surface area contributed by atoms with Crippen molar-refractivity contribution in [3.63, 3.8) is 0 Å². The summed E-state index contributed by atoms with van der Waals surface area (Å²) in [6.45, 7) is 6.71. The Kier molecular flexibility index (Phi) is 4.70. The van der Waals surface area contributed by atoms with Gasteiger partial charge in [-0.2, -0.15) is 5.26 Å². The second kappa shape index (κ2) is 6.05. The minimum Gasteiger partial charge on any atom is -0.461 e. The van der Waals surface area contributed by atoms with Crippen LogP contribution >= 0.6 is 0 Å². The fraction of sp³-hybridized carbons (Fsp3) is 0.462. The maximum absolute atomic E-state index is 11.9. The van der Waals surface area contributed by atoms with Gasteiger partial charge < -0.3 is 14.5 Å². The Balaban J connectivity index is 3.07. The normalized spacial score (nSPS) is 11.5. The van der Waals surface area contributed by atoms with Crippen LogP contribution in [0.25, 0.3) is 0 Å². The van der Waals surface area contributed by atoms with Crippen LogP contribution in [0.15, 0.2) is 0 Å². The van der Waals surface area contributed by atoms with Gasteiger partial charge in [0.1, 0.15) is 11.8 Å². The lowest BCUT2D eigenvalue weighted by atomic mass is 10.1. The van der Waals surface area contributed by atoms with Crippen LogP contribution in [0.2, 0.25) is 0 Å². The van der Waals surface area contributed by atoms with Crippen LogP contribution in [0, 0.1) is 25.2 Å². The molecule has 0 bridgehead atoms. The van der Waals surface area contributed by atoms with Crippen molar-refractivity contribution in [2.75, 3.05) is 6.61 Å². The van der Waals surface area contributed by atoms with E-state index in [-0.39, 0.29) is 17.9 Å². The summed E-state index contributed by atoms with van der Waals surface area (Å²) in [4.78, 5) is 26.4. The lowest BCUT2D eigenvalue weighted by Crippen LogP contribution is -2.14. The molecule has 1 rings (SSSR count). The number of carbonyl (C=O) groups excluding carboxylic acids is 2. The molecule has 0 saturated carbocycles. The third-order valence-corrected chi connectivity index (χ3v) is 2.59. The highest BCUT2D eigenvalue weighted by molar-refractivity contribution is 5.98. The lowest BCUT2D eigenvalue weighted by Gasteiger charge is -2.06. The highest BCUT2D eigenvalue weighted by Crippen LogP contribution is 2.20. The largest absolute Gasteiger partial charge is 0.461 e. The van der Waals surface area contributed by atoms with E-state index < -0.39 is 18.0 Å². The first kappa shape index (κ1) is 14.8. The molecule has 6 nitrogen and oxygen atoms in total. The molecule has 0 aliphatic rings. The molecule has 0 aliphatic carbocycles. The average Bonchev–Trinajstić information content (AvgIpc) is 2.65. The third kappa shape index (κ3) is 3.13. The molecule has 1 aromatic heterocycles. The molecule has 0 saturated heterocycles. The summed E-state index contributed by atoms with van der Waals surface area (Å²) in [5.41, 5.74) is 1.47. The first-order valence-corrected chi connectivity index (χ1v) is 5.89. The molecule has 19 heavy (non-hydrogen) atoms. The molecule has 1 aromatic rings. The van der Waals surface area contributed by atoms with Gasteiger partial charge in [-0.1, -0.05) is 0 Å². The maximum Gasteiger partial charge on any atom is 0.355 e. The summed E-state index contributed by atoms with van der Waals surface area (Å²) >= 11 is 0. The third-order valence-electron chi connectivity index (χ3n) is 2.59. The Morgan fingerprint density at radius 1 is 1.37 bits per heavy atom. The van der Waals surface area contributed by atoms with Crippen LogP contribution in [0.5, 0.6) is 0 Å². The number of rotatable bonds is 4. The highest BCUT2D eigenvalue weighted by atomic mass is 16.5. The predicted molar refractivity (Wildman–Crippen MR) is 66.7 cm³/mol. The van der Waals surface area contributed by atoms with E-state index in [0.29, 0.717) is 11.3 Å². The van der Waals surface area contributed by atoms with Crippen molar-refractivity contribution >= 4 is 11.9 Å². The van der Waals surface area contributed by atoms with Crippen molar-refractivity contribution < 1.29 is 19.1 Å². The van der Waals surface area contributed by atoms with Crippen LogP contribution in [-0.4, -0.2) is 29.6 Å². The van der Waals surface area contributed by atoms with Gasteiger partial charge in [-0.05, 0) is 33.3 Å². The molecule has 0 aromatic carbocycles. The van der Waals surface area contributed by atoms with E-state index in [2.05, 4.69) is 4.98 Å². The first-order chi connectivity index (χ1) is 8.92. The van der Waals surface area contributed by atoms with Crippen LogP contribution in [-0.2, 0) is 9.47 Å². The van der Waals surface area contributed by atoms with Gasteiger partial charge in [0.25, 0.3) is 0 Å². The molecule has 1 atom stereocenters. The Morgan fingerprint density at radius 2 is 2.00 bits per heavy atom. The van der Waals surface area contributed by atoms with Crippen molar-refractivity contribution in [3.05, 3.63) is 22.5 Å². The highest BCUT2D eigenvalue weighted by Gasteiger charge is 2.24. The SMILES string of the molecule is CCOC(=O)c1[nH]c(C)c(C(=O)O[C@H](C)C#N)c1C. The van der Waals surface area contributed by atoms with Crippen LogP contribution in [0.3, 0.4) is 0 Å². The molecule has 0 radical (unpaired) electrons. The maximum atomic E-state index is 11.9. The number of esters is 2. The van der Waals surface area contributed by atoms with Gasteiger partial charge in [-0.25, -0.2) is 9.59 Å². The van der Waals surface area contributed by atoms with Gasteiger partial charge in [0, 0.05) is 5.69 Å². The van der Waals surface area contributed by atoms with Gasteiger partial charge in [-0.3, -0.25) is 0 Å². The van der Waals surface area contributed by atoms with E-state index in [9.17, 15) is 9.59 Å². The van der Waals surface area contributed by atoms with Crippen LogP contribution < -0.4 is 0 Å². The Labute approximate surface area is 111 Å². The molecular weight excluding hydrogens is 248 g/mol. The molecule has 1 N–H and O–H groups in total. The zero-order chi connectivity index (χ0) is 14.6. The Hall–Kier alpha value is -2.29. The Morgan fingerprint density at radius 3 is 2.53 bits per heavy atom. The van der Waals surface area contributed by atoms with E-state index in [1.165, 1.54) is 6.92 Å². The van der Waals surface area contributed by atoms with Gasteiger partial charge in [-0.15, -0.1) is 0 Å². The van der Waals surface area contributed by atoms with Gasteiger partial charge in [0.05, 0.1) is 12.2 Å². The van der Waals surface area contributed by atoms with Gasteiger partial charge in [0.2, 0.25) is 0 Å². The van der Waals surface area contributed by atoms with E-state index in [1.807, 2.05) is 6.07 Å². The molecule has 0 unspecified atom stereocenters. The van der Waals surface area contributed by atoms with Gasteiger partial charge >= 0.3 is 11.9 Å². The molecule has 0 spiro atoms. The van der Waals surface area contributed by atoms with E-state index in [1.54, 1.807) is 20.8 Å². The number of H-pyrrole nitrogens is 1. The first-order valence-electron chi connectivity index (χ1n) is 5.89. The van der Waals surface area contributed by atoms with Crippen molar-refractivity contribution in [3.8, 4) is 6.07 Å². The molecule has 0 fully saturated rings. The van der Waals surface area contributed by atoms with Gasteiger partial charge in [0.15, 0.2) is 6.10 Å². The zero-order valence-corrected chi connectivity index (χ0v) is 11.4. The Bertz CT molecular complexity index is 540.